The van der Waals surface area contributed by atoms with Crippen LogP contribution in [0.15, 0.2) is 18.5 Å². The number of hydrogen-bond acceptors (Lipinski definition) is 4. The summed E-state index contributed by atoms with van der Waals surface area (Å²) in [6, 6.07) is 1.85. The third-order valence-electron chi connectivity index (χ3n) is 4.54. The highest BCUT2D eigenvalue weighted by Crippen LogP contribution is 2.41. The number of nitrogens with one attached hydrogen (secondary N) is 1. The van der Waals surface area contributed by atoms with Gasteiger partial charge in [-0.1, -0.05) is 0 Å². The lowest BCUT2D eigenvalue weighted by atomic mass is 10.1. The van der Waals surface area contributed by atoms with E-state index in [2.05, 4.69) is 36.3 Å². The average Bonchev–Trinajstić information content (AvgIpc) is 3.08. The lowest BCUT2D eigenvalue weighted by Crippen LogP contribution is -2.35. The molecule has 1 fully saturated rings. The third-order valence-corrected chi connectivity index (χ3v) is 4.54. The van der Waals surface area contributed by atoms with Gasteiger partial charge in [0.1, 0.15) is 0 Å². The Hall–Kier alpha value is -2.64. The van der Waals surface area contributed by atoms with Crippen molar-refractivity contribution in [3.05, 3.63) is 29.8 Å². The van der Waals surface area contributed by atoms with Gasteiger partial charge in [0.2, 0.25) is 0 Å². The summed E-state index contributed by atoms with van der Waals surface area (Å²) in [6.45, 7) is 9.27. The molecular weight excluding hydrogens is 334 g/mol. The molecule has 1 aliphatic rings. The molecule has 1 amide bonds. The molecule has 2 aromatic rings. The Morgan fingerprint density at radius 3 is 2.42 bits per heavy atom. The van der Waals surface area contributed by atoms with E-state index in [0.717, 1.165) is 18.5 Å². The smallest absolute Gasteiger partial charge is 0.331 e. The van der Waals surface area contributed by atoms with Gasteiger partial charge >= 0.3 is 5.97 Å². The summed E-state index contributed by atoms with van der Waals surface area (Å²) >= 11 is 0. The largest absolute Gasteiger partial charge is 0.479 e. The Bertz CT molecular complexity index is 853. The van der Waals surface area contributed by atoms with Crippen LogP contribution < -0.4 is 5.32 Å². The lowest BCUT2D eigenvalue weighted by molar-refractivity contribution is -0.146. The number of carbonyl (C=O) groups is 2. The molecule has 0 radical (unpaired) electrons. The minimum Gasteiger partial charge on any atom is -0.479 e. The summed E-state index contributed by atoms with van der Waals surface area (Å²) in [6.07, 6.45) is 5.19. The Balaban J connectivity index is 1.81. The van der Waals surface area contributed by atoms with Gasteiger partial charge in [-0.05, 0) is 53.5 Å². The molecule has 0 aromatic carbocycles. The molecule has 0 atom stereocenters. The SMILES string of the molecule is CC(C)(C)n1nc(C(=O)Nc2cnn(C(C)(C)C(=O)O)c2)cc1C1CC1. The van der Waals surface area contributed by atoms with Gasteiger partial charge in [-0.15, -0.1) is 0 Å². The molecular formula is C18H25N5O3. The fourth-order valence-corrected chi connectivity index (χ4v) is 2.70. The second-order valence-electron chi connectivity index (χ2n) is 8.30. The van der Waals surface area contributed by atoms with E-state index in [9.17, 15) is 14.7 Å². The summed E-state index contributed by atoms with van der Waals surface area (Å²) in [5.41, 5.74) is 0.475. The zero-order chi connectivity index (χ0) is 19.3. The Morgan fingerprint density at radius 1 is 1.23 bits per heavy atom. The first-order valence-corrected chi connectivity index (χ1v) is 8.70. The molecule has 2 N–H and O–H groups in total. The van der Waals surface area contributed by atoms with Crippen LogP contribution in [0.4, 0.5) is 5.69 Å². The highest BCUT2D eigenvalue weighted by atomic mass is 16.4. The van der Waals surface area contributed by atoms with Gasteiger partial charge < -0.3 is 10.4 Å². The standard InChI is InChI=1S/C18H25N5O3/c1-17(2,3)23-14(11-6-7-11)8-13(21-23)15(24)20-12-9-19-22(10-12)18(4,5)16(25)26/h8-11H,6-7H2,1-5H3,(H,20,24)(H,25,26). The van der Waals surface area contributed by atoms with Crippen molar-refractivity contribution in [2.45, 2.75) is 64.5 Å². The van der Waals surface area contributed by atoms with E-state index in [4.69, 9.17) is 0 Å². The van der Waals surface area contributed by atoms with Crippen LogP contribution in [0, 0.1) is 0 Å². The Kier molecular flexibility index (Phi) is 4.17. The molecule has 26 heavy (non-hydrogen) atoms. The summed E-state index contributed by atoms with van der Waals surface area (Å²) in [7, 11) is 0. The molecule has 140 valence electrons. The second kappa shape index (κ2) is 5.96. The zero-order valence-electron chi connectivity index (χ0n) is 15.8. The van der Waals surface area contributed by atoms with Gasteiger partial charge in [-0.3, -0.25) is 14.2 Å². The van der Waals surface area contributed by atoms with Crippen molar-refractivity contribution in [3.63, 3.8) is 0 Å². The van der Waals surface area contributed by atoms with Gasteiger partial charge in [0.05, 0.1) is 17.4 Å². The van der Waals surface area contributed by atoms with Gasteiger partial charge in [-0.2, -0.15) is 10.2 Å². The van der Waals surface area contributed by atoms with Crippen molar-refractivity contribution in [3.8, 4) is 0 Å². The molecule has 0 aliphatic heterocycles. The van der Waals surface area contributed by atoms with Crippen molar-refractivity contribution in [2.24, 2.45) is 0 Å². The maximum absolute atomic E-state index is 12.6. The van der Waals surface area contributed by atoms with Crippen LogP contribution in [0.3, 0.4) is 0 Å². The molecule has 0 unspecified atom stereocenters. The third kappa shape index (κ3) is 3.36. The summed E-state index contributed by atoms with van der Waals surface area (Å²) in [4.78, 5) is 23.9. The monoisotopic (exact) mass is 359 g/mol. The fourth-order valence-electron chi connectivity index (χ4n) is 2.70. The van der Waals surface area contributed by atoms with Crippen molar-refractivity contribution < 1.29 is 14.7 Å². The van der Waals surface area contributed by atoms with Gasteiger partial charge in [-0.25, -0.2) is 4.79 Å². The number of carbonyl (C=O) groups excluding carboxylic acids is 1. The molecule has 1 aliphatic carbocycles. The van der Waals surface area contributed by atoms with E-state index in [1.165, 1.54) is 17.1 Å². The maximum Gasteiger partial charge on any atom is 0.331 e. The quantitative estimate of drug-likeness (QED) is 0.854. The first-order valence-electron chi connectivity index (χ1n) is 8.70. The van der Waals surface area contributed by atoms with E-state index < -0.39 is 11.5 Å². The van der Waals surface area contributed by atoms with Gasteiger partial charge in [0.25, 0.3) is 5.91 Å². The summed E-state index contributed by atoms with van der Waals surface area (Å²) in [5.74, 6) is -0.860. The number of anilines is 1. The highest BCUT2D eigenvalue weighted by molar-refractivity contribution is 6.02. The molecule has 3 rings (SSSR count). The predicted octanol–water partition coefficient (Wildman–Crippen LogP) is 2.78. The molecule has 1 saturated carbocycles. The number of hydrogen-bond donors (Lipinski definition) is 2. The van der Waals surface area contributed by atoms with Crippen LogP contribution in [0.1, 0.15) is 69.6 Å². The molecule has 8 nitrogen and oxygen atoms in total. The van der Waals surface area contributed by atoms with Crippen LogP contribution in [-0.2, 0) is 15.9 Å². The van der Waals surface area contributed by atoms with Crippen LogP contribution >= 0.6 is 0 Å². The van der Waals surface area contributed by atoms with Crippen molar-refractivity contribution in [1.29, 1.82) is 0 Å². The van der Waals surface area contributed by atoms with Crippen LogP contribution in [0.5, 0.6) is 0 Å². The molecule has 2 heterocycles. The first-order chi connectivity index (χ1) is 12.0. The summed E-state index contributed by atoms with van der Waals surface area (Å²) < 4.78 is 3.24. The van der Waals surface area contributed by atoms with Crippen molar-refractivity contribution in [1.82, 2.24) is 19.6 Å². The fraction of sp³-hybridized carbons (Fsp3) is 0.556. The predicted molar refractivity (Wildman–Crippen MR) is 96.3 cm³/mol. The second-order valence-corrected chi connectivity index (χ2v) is 8.30. The van der Waals surface area contributed by atoms with E-state index >= 15 is 0 Å². The normalized spacial score (nSPS) is 15.1. The van der Waals surface area contributed by atoms with Crippen molar-refractivity contribution >= 4 is 17.6 Å². The zero-order valence-corrected chi connectivity index (χ0v) is 15.8. The maximum atomic E-state index is 12.6. The van der Waals surface area contributed by atoms with Crippen LogP contribution in [0.2, 0.25) is 0 Å². The number of aliphatic carboxylic acids is 1. The van der Waals surface area contributed by atoms with Gasteiger partial charge in [0.15, 0.2) is 11.2 Å². The average molecular weight is 359 g/mol. The number of rotatable bonds is 5. The summed E-state index contributed by atoms with van der Waals surface area (Å²) in [5, 5.41) is 20.6. The van der Waals surface area contributed by atoms with E-state index in [1.54, 1.807) is 13.8 Å². The number of nitrogens with zero attached hydrogens (tertiary/aromatic N) is 4. The Morgan fingerprint density at radius 2 is 1.88 bits per heavy atom. The number of amides is 1. The van der Waals surface area contributed by atoms with Crippen LogP contribution in [0.25, 0.3) is 0 Å². The van der Waals surface area contributed by atoms with E-state index in [1.807, 2.05) is 10.7 Å². The number of aromatic nitrogens is 4. The van der Waals surface area contributed by atoms with E-state index in [-0.39, 0.29) is 11.4 Å². The highest BCUT2D eigenvalue weighted by Gasteiger charge is 2.33. The minimum absolute atomic E-state index is 0.202. The first kappa shape index (κ1) is 18.2. The van der Waals surface area contributed by atoms with Crippen molar-refractivity contribution in [2.75, 3.05) is 5.32 Å². The molecule has 0 spiro atoms. The topological polar surface area (TPSA) is 102 Å². The number of carboxylic acid groups (broad SMARTS) is 1. The van der Waals surface area contributed by atoms with Crippen LogP contribution in [-0.4, -0.2) is 36.5 Å². The van der Waals surface area contributed by atoms with Gasteiger partial charge in [0, 0.05) is 17.8 Å². The molecule has 8 heteroatoms. The van der Waals surface area contributed by atoms with E-state index in [0.29, 0.717) is 17.3 Å². The molecule has 0 saturated heterocycles. The molecule has 2 aromatic heterocycles. The Labute approximate surface area is 152 Å². The minimum atomic E-state index is -1.20. The number of carboxylic acids is 1. The molecule has 0 bridgehead atoms. The lowest BCUT2D eigenvalue weighted by Gasteiger charge is -2.22.